The summed E-state index contributed by atoms with van der Waals surface area (Å²) in [5.41, 5.74) is 3.07. The van der Waals surface area contributed by atoms with Crippen LogP contribution in [0.15, 0.2) is 48.7 Å². The van der Waals surface area contributed by atoms with Crippen LogP contribution < -0.4 is 5.32 Å². The van der Waals surface area contributed by atoms with Gasteiger partial charge in [0.15, 0.2) is 0 Å². The van der Waals surface area contributed by atoms with Crippen molar-refractivity contribution in [3.63, 3.8) is 0 Å². The summed E-state index contributed by atoms with van der Waals surface area (Å²) in [4.78, 5) is 4.30. The van der Waals surface area contributed by atoms with E-state index in [9.17, 15) is 5.11 Å². The molecule has 1 atom stereocenters. The molecule has 0 bridgehead atoms. The Kier molecular flexibility index (Phi) is 4.45. The van der Waals surface area contributed by atoms with Crippen LogP contribution in [0.4, 0.5) is 0 Å². The second-order valence-electron chi connectivity index (χ2n) is 4.38. The van der Waals surface area contributed by atoms with E-state index in [-0.39, 0.29) is 0 Å². The molecule has 0 fully saturated rings. The van der Waals surface area contributed by atoms with Gasteiger partial charge < -0.3 is 10.4 Å². The number of nitrogens with one attached hydrogen (secondary N) is 1. The molecule has 1 aromatic heterocycles. The molecule has 0 saturated heterocycles. The molecule has 3 heteroatoms. The summed E-state index contributed by atoms with van der Waals surface area (Å²) in [6.07, 6.45) is 1.38. The van der Waals surface area contributed by atoms with Crippen molar-refractivity contribution in [2.75, 3.05) is 6.54 Å². The average molecular weight is 242 g/mol. The molecule has 0 spiro atoms. The van der Waals surface area contributed by atoms with Crippen molar-refractivity contribution < 1.29 is 5.11 Å². The van der Waals surface area contributed by atoms with Gasteiger partial charge in [0.05, 0.1) is 11.8 Å². The zero-order valence-electron chi connectivity index (χ0n) is 10.5. The highest BCUT2D eigenvalue weighted by Gasteiger charge is 2.05. The molecule has 1 heterocycles. The fourth-order valence-corrected chi connectivity index (χ4v) is 1.73. The van der Waals surface area contributed by atoms with Crippen LogP contribution in [0.5, 0.6) is 0 Å². The highest BCUT2D eigenvalue weighted by atomic mass is 16.3. The Labute approximate surface area is 108 Å². The molecule has 94 valence electrons. The minimum Gasteiger partial charge on any atom is -0.387 e. The Balaban J connectivity index is 1.80. The van der Waals surface area contributed by atoms with E-state index in [1.807, 2.05) is 55.6 Å². The molecule has 0 saturated carbocycles. The van der Waals surface area contributed by atoms with Crippen LogP contribution in [0.2, 0.25) is 0 Å². The fourth-order valence-electron chi connectivity index (χ4n) is 1.73. The van der Waals surface area contributed by atoms with Gasteiger partial charge in [0.25, 0.3) is 0 Å². The first-order valence-corrected chi connectivity index (χ1v) is 6.11. The minimum absolute atomic E-state index is 0.475. The lowest BCUT2D eigenvalue weighted by Gasteiger charge is -2.11. The Hall–Kier alpha value is -1.71. The normalized spacial score (nSPS) is 12.3. The molecule has 0 amide bonds. The predicted octanol–water partition coefficient (Wildman–Crippen LogP) is 2.21. The summed E-state index contributed by atoms with van der Waals surface area (Å²) in [5, 5.41) is 13.2. The lowest BCUT2D eigenvalue weighted by atomic mass is 10.1. The smallest absolute Gasteiger partial charge is 0.0914 e. The second kappa shape index (κ2) is 6.28. The van der Waals surface area contributed by atoms with Gasteiger partial charge in [-0.25, -0.2) is 0 Å². The summed E-state index contributed by atoms with van der Waals surface area (Å²) in [5.74, 6) is 0. The summed E-state index contributed by atoms with van der Waals surface area (Å²) in [6.45, 7) is 3.22. The molecule has 0 radical (unpaired) electrons. The van der Waals surface area contributed by atoms with Crippen molar-refractivity contribution in [3.05, 3.63) is 65.5 Å². The van der Waals surface area contributed by atoms with E-state index in [2.05, 4.69) is 10.3 Å². The monoisotopic (exact) mass is 242 g/mol. The van der Waals surface area contributed by atoms with Crippen LogP contribution in [0.25, 0.3) is 0 Å². The number of aryl methyl sites for hydroxylation is 1. The van der Waals surface area contributed by atoms with E-state index < -0.39 is 6.10 Å². The lowest BCUT2D eigenvalue weighted by Crippen LogP contribution is -2.21. The largest absolute Gasteiger partial charge is 0.387 e. The van der Waals surface area contributed by atoms with Gasteiger partial charge in [-0.1, -0.05) is 36.4 Å². The molecular weight excluding hydrogens is 224 g/mol. The summed E-state index contributed by atoms with van der Waals surface area (Å²) in [7, 11) is 0. The van der Waals surface area contributed by atoms with Gasteiger partial charge >= 0.3 is 0 Å². The van der Waals surface area contributed by atoms with Gasteiger partial charge in [-0.3, -0.25) is 4.98 Å². The first-order chi connectivity index (χ1) is 8.75. The van der Waals surface area contributed by atoms with Crippen molar-refractivity contribution in [1.29, 1.82) is 0 Å². The zero-order valence-corrected chi connectivity index (χ0v) is 10.5. The van der Waals surface area contributed by atoms with Crippen molar-refractivity contribution >= 4 is 0 Å². The quantitative estimate of drug-likeness (QED) is 0.845. The second-order valence-corrected chi connectivity index (χ2v) is 4.38. The Bertz CT molecular complexity index is 468. The molecular formula is C15H18N2O. The van der Waals surface area contributed by atoms with Crippen molar-refractivity contribution in [3.8, 4) is 0 Å². The third-order valence-corrected chi connectivity index (χ3v) is 2.80. The Morgan fingerprint density at radius 1 is 1.17 bits per heavy atom. The molecule has 0 aliphatic carbocycles. The van der Waals surface area contributed by atoms with Gasteiger partial charge in [-0.05, 0) is 24.1 Å². The Morgan fingerprint density at radius 2 is 1.94 bits per heavy atom. The van der Waals surface area contributed by atoms with Crippen molar-refractivity contribution in [2.24, 2.45) is 0 Å². The van der Waals surface area contributed by atoms with E-state index in [1.165, 1.54) is 0 Å². The van der Waals surface area contributed by atoms with Crippen LogP contribution in [0.3, 0.4) is 0 Å². The number of aliphatic hydroxyl groups is 1. The standard InChI is InChI=1S/C15H18N2O/c1-12-7-8-14(17-9-12)10-16-11-15(18)13-5-3-2-4-6-13/h2-9,15-16,18H,10-11H2,1H3. The number of aromatic nitrogens is 1. The number of hydrogen-bond donors (Lipinski definition) is 2. The fraction of sp³-hybridized carbons (Fsp3) is 0.267. The van der Waals surface area contributed by atoms with E-state index in [1.54, 1.807) is 0 Å². The van der Waals surface area contributed by atoms with E-state index in [0.717, 1.165) is 16.8 Å². The SMILES string of the molecule is Cc1ccc(CNCC(O)c2ccccc2)nc1. The molecule has 3 nitrogen and oxygen atoms in total. The predicted molar refractivity (Wildman–Crippen MR) is 72.1 cm³/mol. The number of hydrogen-bond acceptors (Lipinski definition) is 3. The number of pyridine rings is 1. The van der Waals surface area contributed by atoms with Gasteiger partial charge in [-0.15, -0.1) is 0 Å². The van der Waals surface area contributed by atoms with Gasteiger partial charge in [-0.2, -0.15) is 0 Å². The van der Waals surface area contributed by atoms with Crippen molar-refractivity contribution in [2.45, 2.75) is 19.6 Å². The third kappa shape index (κ3) is 3.65. The molecule has 2 rings (SSSR count). The number of aliphatic hydroxyl groups excluding tert-OH is 1. The van der Waals surface area contributed by atoms with Crippen LogP contribution in [-0.4, -0.2) is 16.6 Å². The highest BCUT2D eigenvalue weighted by Crippen LogP contribution is 2.10. The topological polar surface area (TPSA) is 45.1 Å². The van der Waals surface area contributed by atoms with E-state index in [4.69, 9.17) is 0 Å². The van der Waals surface area contributed by atoms with Crippen LogP contribution >= 0.6 is 0 Å². The first kappa shape index (κ1) is 12.7. The summed E-state index contributed by atoms with van der Waals surface area (Å²) < 4.78 is 0. The van der Waals surface area contributed by atoms with E-state index >= 15 is 0 Å². The highest BCUT2D eigenvalue weighted by molar-refractivity contribution is 5.17. The lowest BCUT2D eigenvalue weighted by molar-refractivity contribution is 0.174. The summed E-state index contributed by atoms with van der Waals surface area (Å²) in [6, 6.07) is 13.7. The molecule has 1 aromatic carbocycles. The Morgan fingerprint density at radius 3 is 2.61 bits per heavy atom. The molecule has 0 aliphatic rings. The number of benzene rings is 1. The molecule has 0 aliphatic heterocycles. The van der Waals surface area contributed by atoms with Gasteiger partial charge in [0.1, 0.15) is 0 Å². The van der Waals surface area contributed by atoms with Gasteiger partial charge in [0.2, 0.25) is 0 Å². The zero-order chi connectivity index (χ0) is 12.8. The van der Waals surface area contributed by atoms with Crippen molar-refractivity contribution in [1.82, 2.24) is 10.3 Å². The molecule has 18 heavy (non-hydrogen) atoms. The average Bonchev–Trinajstić information content (AvgIpc) is 2.42. The van der Waals surface area contributed by atoms with Crippen LogP contribution in [-0.2, 0) is 6.54 Å². The third-order valence-electron chi connectivity index (χ3n) is 2.80. The van der Waals surface area contributed by atoms with Crippen LogP contribution in [0, 0.1) is 6.92 Å². The maximum atomic E-state index is 9.96. The number of nitrogens with zero attached hydrogens (tertiary/aromatic N) is 1. The summed E-state index contributed by atoms with van der Waals surface area (Å²) >= 11 is 0. The van der Waals surface area contributed by atoms with Crippen LogP contribution in [0.1, 0.15) is 22.9 Å². The maximum Gasteiger partial charge on any atom is 0.0914 e. The molecule has 2 aromatic rings. The maximum absolute atomic E-state index is 9.96. The molecule has 2 N–H and O–H groups in total. The first-order valence-electron chi connectivity index (χ1n) is 6.11. The van der Waals surface area contributed by atoms with E-state index in [0.29, 0.717) is 13.1 Å². The van der Waals surface area contributed by atoms with Gasteiger partial charge in [0, 0.05) is 19.3 Å². The number of rotatable bonds is 5. The molecule has 1 unspecified atom stereocenters. The minimum atomic E-state index is -0.475.